The largest absolute Gasteiger partial charge is 0.330 e. The molecular formula is C7H7BrN4O2. The molecule has 74 valence electrons. The molecule has 0 amide bonds. The fourth-order valence-corrected chi connectivity index (χ4v) is 1.77. The second kappa shape index (κ2) is 3.09. The van der Waals surface area contributed by atoms with Crippen molar-refractivity contribution in [1.29, 1.82) is 0 Å². The molecule has 2 aromatic rings. The first-order chi connectivity index (χ1) is 6.65. The molecule has 2 rings (SSSR count). The fraction of sp³-hybridized carbons (Fsp3) is 0.286. The van der Waals surface area contributed by atoms with E-state index in [0.29, 0.717) is 16.6 Å². The van der Waals surface area contributed by atoms with Crippen LogP contribution in [0.1, 0.15) is 0 Å². The van der Waals surface area contributed by atoms with Gasteiger partial charge in [-0.1, -0.05) is 15.9 Å². The second-order valence-corrected chi connectivity index (χ2v) is 3.34. The Labute approximate surface area is 86.3 Å². The van der Waals surface area contributed by atoms with Crippen molar-refractivity contribution in [1.82, 2.24) is 19.1 Å². The van der Waals surface area contributed by atoms with E-state index in [0.717, 1.165) is 0 Å². The number of rotatable bonds is 1. The van der Waals surface area contributed by atoms with Gasteiger partial charge in [0.1, 0.15) is 0 Å². The SMILES string of the molecule is Cn1cnc2c1c(=O)[nH]c(=O)n2CBr. The standard InChI is InChI=1S/C7H7BrN4O2/c1-11-3-9-5-4(11)6(13)10-7(14)12(5)2-8/h3H,2H2,1H3,(H,10,13,14). The van der Waals surface area contributed by atoms with Crippen molar-refractivity contribution < 1.29 is 0 Å². The van der Waals surface area contributed by atoms with E-state index in [-0.39, 0.29) is 0 Å². The van der Waals surface area contributed by atoms with Crippen LogP contribution in [-0.4, -0.2) is 19.1 Å². The van der Waals surface area contributed by atoms with E-state index in [9.17, 15) is 9.59 Å². The summed E-state index contributed by atoms with van der Waals surface area (Å²) in [6.45, 7) is 0. The molecule has 0 bridgehead atoms. The molecule has 1 N–H and O–H groups in total. The zero-order valence-electron chi connectivity index (χ0n) is 7.32. The van der Waals surface area contributed by atoms with Gasteiger partial charge in [0.25, 0.3) is 5.56 Å². The summed E-state index contributed by atoms with van der Waals surface area (Å²) in [5.74, 6) is 0. The first-order valence-electron chi connectivity index (χ1n) is 3.85. The van der Waals surface area contributed by atoms with Crippen molar-refractivity contribution in [3.63, 3.8) is 0 Å². The van der Waals surface area contributed by atoms with Crippen molar-refractivity contribution in [2.75, 3.05) is 0 Å². The Bertz CT molecular complexity index is 594. The van der Waals surface area contributed by atoms with Crippen LogP contribution in [0.15, 0.2) is 15.9 Å². The van der Waals surface area contributed by atoms with Crippen molar-refractivity contribution in [2.45, 2.75) is 5.45 Å². The van der Waals surface area contributed by atoms with E-state index in [1.54, 1.807) is 11.6 Å². The van der Waals surface area contributed by atoms with E-state index in [1.807, 2.05) is 0 Å². The van der Waals surface area contributed by atoms with Crippen LogP contribution in [0, 0.1) is 0 Å². The van der Waals surface area contributed by atoms with Gasteiger partial charge < -0.3 is 4.57 Å². The summed E-state index contributed by atoms with van der Waals surface area (Å²) in [5, 5.41) is 0. The van der Waals surface area contributed by atoms with Crippen LogP contribution in [0.3, 0.4) is 0 Å². The molecule has 0 aliphatic carbocycles. The number of fused-ring (bicyclic) bond motifs is 1. The van der Waals surface area contributed by atoms with E-state index in [1.165, 1.54) is 10.9 Å². The highest BCUT2D eigenvalue weighted by atomic mass is 79.9. The van der Waals surface area contributed by atoms with Crippen molar-refractivity contribution in [3.8, 4) is 0 Å². The van der Waals surface area contributed by atoms with E-state index >= 15 is 0 Å². The summed E-state index contributed by atoms with van der Waals surface area (Å²) >= 11 is 3.15. The molecule has 7 heteroatoms. The lowest BCUT2D eigenvalue weighted by molar-refractivity contribution is 0.821. The maximum Gasteiger partial charge on any atom is 0.330 e. The molecule has 2 heterocycles. The smallest absolute Gasteiger partial charge is 0.328 e. The molecule has 0 saturated heterocycles. The van der Waals surface area contributed by atoms with Gasteiger partial charge in [0.2, 0.25) is 0 Å². The third kappa shape index (κ3) is 1.12. The number of aryl methyl sites for hydroxylation is 1. The Hall–Kier alpha value is -1.37. The number of aromatic nitrogens is 4. The Kier molecular flexibility index (Phi) is 2.03. The second-order valence-electron chi connectivity index (χ2n) is 2.83. The highest BCUT2D eigenvalue weighted by Gasteiger charge is 2.10. The number of imidazole rings is 1. The average Bonchev–Trinajstić information content (AvgIpc) is 2.49. The highest BCUT2D eigenvalue weighted by molar-refractivity contribution is 9.08. The number of alkyl halides is 1. The van der Waals surface area contributed by atoms with Crippen LogP contribution in [0.2, 0.25) is 0 Å². The number of aromatic amines is 1. The minimum atomic E-state index is -0.460. The lowest BCUT2D eigenvalue weighted by Crippen LogP contribution is -2.29. The van der Waals surface area contributed by atoms with Crippen LogP contribution in [0.5, 0.6) is 0 Å². The van der Waals surface area contributed by atoms with Crippen molar-refractivity contribution in [3.05, 3.63) is 27.2 Å². The van der Waals surface area contributed by atoms with Gasteiger partial charge in [-0.25, -0.2) is 9.78 Å². The molecular weight excluding hydrogens is 252 g/mol. The number of H-pyrrole nitrogens is 1. The number of nitrogens with zero attached hydrogens (tertiary/aromatic N) is 3. The molecule has 0 radical (unpaired) electrons. The summed E-state index contributed by atoms with van der Waals surface area (Å²) in [5.41, 5.74) is 0.207. The molecule has 0 saturated carbocycles. The Morgan fingerprint density at radius 1 is 1.57 bits per heavy atom. The molecule has 0 atom stereocenters. The first kappa shape index (κ1) is 9.20. The lowest BCUT2D eigenvalue weighted by Gasteiger charge is -2.00. The van der Waals surface area contributed by atoms with Gasteiger partial charge >= 0.3 is 5.69 Å². The van der Waals surface area contributed by atoms with Crippen molar-refractivity contribution >= 4 is 27.1 Å². The van der Waals surface area contributed by atoms with Gasteiger partial charge in [0.05, 0.1) is 11.8 Å². The predicted molar refractivity (Wildman–Crippen MR) is 54.5 cm³/mol. The summed E-state index contributed by atoms with van der Waals surface area (Å²) < 4.78 is 2.92. The fourth-order valence-electron chi connectivity index (χ4n) is 1.31. The Balaban J connectivity index is 3.08. The number of hydrogen-bond acceptors (Lipinski definition) is 3. The van der Waals surface area contributed by atoms with Crippen LogP contribution in [0.25, 0.3) is 11.2 Å². The van der Waals surface area contributed by atoms with Crippen LogP contribution >= 0.6 is 15.9 Å². The molecule has 0 aliphatic rings. The van der Waals surface area contributed by atoms with Gasteiger partial charge in [-0.3, -0.25) is 14.3 Å². The predicted octanol–water partition coefficient (Wildman–Crippen LogP) is -0.224. The minimum absolute atomic E-state index is 0.302. The van der Waals surface area contributed by atoms with Crippen LogP contribution < -0.4 is 11.2 Å². The molecule has 0 fully saturated rings. The summed E-state index contributed by atoms with van der Waals surface area (Å²) in [6.07, 6.45) is 1.50. The molecule has 0 aromatic carbocycles. The highest BCUT2D eigenvalue weighted by Crippen LogP contribution is 2.04. The van der Waals surface area contributed by atoms with Gasteiger partial charge in [0, 0.05) is 7.05 Å². The van der Waals surface area contributed by atoms with E-state index in [2.05, 4.69) is 25.9 Å². The quantitative estimate of drug-likeness (QED) is 0.719. The monoisotopic (exact) mass is 258 g/mol. The van der Waals surface area contributed by atoms with Crippen LogP contribution in [0.4, 0.5) is 0 Å². The number of nitrogens with one attached hydrogen (secondary N) is 1. The van der Waals surface area contributed by atoms with Gasteiger partial charge in [-0.15, -0.1) is 0 Å². The first-order valence-corrected chi connectivity index (χ1v) is 4.97. The maximum absolute atomic E-state index is 11.4. The molecule has 0 unspecified atom stereocenters. The topological polar surface area (TPSA) is 72.7 Å². The Morgan fingerprint density at radius 3 is 2.93 bits per heavy atom. The third-order valence-corrected chi connectivity index (χ3v) is 2.48. The number of hydrogen-bond donors (Lipinski definition) is 1. The third-order valence-electron chi connectivity index (χ3n) is 1.97. The molecule has 0 aliphatic heterocycles. The zero-order chi connectivity index (χ0) is 10.3. The maximum atomic E-state index is 11.4. The van der Waals surface area contributed by atoms with E-state index < -0.39 is 11.2 Å². The van der Waals surface area contributed by atoms with Crippen LogP contribution in [-0.2, 0) is 12.5 Å². The van der Waals surface area contributed by atoms with E-state index in [4.69, 9.17) is 0 Å². The van der Waals surface area contributed by atoms with Gasteiger partial charge in [-0.2, -0.15) is 0 Å². The lowest BCUT2D eigenvalue weighted by atomic mass is 10.5. The molecule has 0 spiro atoms. The van der Waals surface area contributed by atoms with Crippen molar-refractivity contribution in [2.24, 2.45) is 7.05 Å². The molecule has 6 nitrogen and oxygen atoms in total. The zero-order valence-corrected chi connectivity index (χ0v) is 8.91. The Morgan fingerprint density at radius 2 is 2.29 bits per heavy atom. The van der Waals surface area contributed by atoms with Gasteiger partial charge in [0.15, 0.2) is 11.2 Å². The van der Waals surface area contributed by atoms with Gasteiger partial charge in [-0.05, 0) is 0 Å². The minimum Gasteiger partial charge on any atom is -0.328 e. The summed E-state index contributed by atoms with van der Waals surface area (Å²) in [7, 11) is 1.70. The summed E-state index contributed by atoms with van der Waals surface area (Å²) in [4.78, 5) is 28.9. The molecule has 14 heavy (non-hydrogen) atoms. The number of halogens is 1. The normalized spacial score (nSPS) is 11.0. The summed E-state index contributed by atoms with van der Waals surface area (Å²) in [6, 6.07) is 0. The average molecular weight is 259 g/mol. The molecule has 2 aromatic heterocycles.